The topological polar surface area (TPSA) is 32.8 Å². The highest BCUT2D eigenvalue weighted by Crippen LogP contribution is 2.26. The van der Waals surface area contributed by atoms with E-state index in [4.69, 9.17) is 4.74 Å². The summed E-state index contributed by atoms with van der Waals surface area (Å²) >= 11 is 1.58. The van der Waals surface area contributed by atoms with Gasteiger partial charge in [-0.2, -0.15) is 11.3 Å². The minimum Gasteiger partial charge on any atom is -0.493 e. The summed E-state index contributed by atoms with van der Waals surface area (Å²) in [5, 5.41) is 3.91. The average molecular weight is 342 g/mol. The number of hydrogen-bond donors (Lipinski definition) is 0. The van der Waals surface area contributed by atoms with Gasteiger partial charge >= 0.3 is 0 Å². The predicted octanol–water partition coefficient (Wildman–Crippen LogP) is 3.03. The monoisotopic (exact) mass is 342 g/mol. The summed E-state index contributed by atoms with van der Waals surface area (Å²) in [4.78, 5) is 17.0. The minimum atomic E-state index is 0.174. The van der Waals surface area contributed by atoms with E-state index < -0.39 is 0 Å². The van der Waals surface area contributed by atoms with Crippen LogP contribution in [0.15, 0.2) is 35.0 Å². The lowest BCUT2D eigenvalue weighted by atomic mass is 10.1. The van der Waals surface area contributed by atoms with Crippen molar-refractivity contribution in [1.82, 2.24) is 9.80 Å². The largest absolute Gasteiger partial charge is 0.493 e. The molecule has 1 amide bonds. The quantitative estimate of drug-likeness (QED) is 0.859. The molecule has 0 saturated carbocycles. The van der Waals surface area contributed by atoms with Crippen LogP contribution in [0.2, 0.25) is 0 Å². The second-order valence-electron chi connectivity index (χ2n) is 6.47. The Hall–Kier alpha value is -1.85. The fourth-order valence-corrected chi connectivity index (χ4v) is 4.13. The molecule has 0 aliphatic carbocycles. The van der Waals surface area contributed by atoms with Crippen molar-refractivity contribution in [3.63, 3.8) is 0 Å². The number of nitrogens with zero attached hydrogens (tertiary/aromatic N) is 2. The molecule has 0 unspecified atom stereocenters. The zero-order chi connectivity index (χ0) is 16.4. The van der Waals surface area contributed by atoms with Crippen molar-refractivity contribution >= 4 is 17.2 Å². The van der Waals surface area contributed by atoms with Crippen molar-refractivity contribution in [1.29, 1.82) is 0 Å². The second-order valence-corrected chi connectivity index (χ2v) is 7.25. The molecule has 1 saturated heterocycles. The van der Waals surface area contributed by atoms with E-state index in [0.29, 0.717) is 0 Å². The molecule has 0 N–H and O–H groups in total. The van der Waals surface area contributed by atoms with Gasteiger partial charge in [-0.25, -0.2) is 0 Å². The highest BCUT2D eigenvalue weighted by molar-refractivity contribution is 7.08. The lowest BCUT2D eigenvalue weighted by Gasteiger charge is -2.22. The molecule has 2 aromatic rings. The van der Waals surface area contributed by atoms with Crippen LogP contribution in [-0.2, 0) is 13.0 Å². The summed E-state index contributed by atoms with van der Waals surface area (Å²) in [7, 11) is 0. The third-order valence-corrected chi connectivity index (χ3v) is 5.49. The van der Waals surface area contributed by atoms with Gasteiger partial charge in [0.25, 0.3) is 5.91 Å². The van der Waals surface area contributed by atoms with Crippen molar-refractivity contribution < 1.29 is 9.53 Å². The minimum absolute atomic E-state index is 0.174. The first-order valence-corrected chi connectivity index (χ1v) is 9.52. The van der Waals surface area contributed by atoms with Crippen LogP contribution in [-0.4, -0.2) is 48.5 Å². The number of fused-ring (bicyclic) bond motifs is 1. The molecule has 4 rings (SSSR count). The Labute approximate surface area is 146 Å². The van der Waals surface area contributed by atoms with Gasteiger partial charge in [0.1, 0.15) is 5.75 Å². The fraction of sp³-hybridized carbons (Fsp3) is 0.421. The fourth-order valence-electron chi connectivity index (χ4n) is 3.50. The molecular weight excluding hydrogens is 320 g/mol. The Balaban J connectivity index is 1.37. The molecule has 2 aliphatic rings. The first-order valence-electron chi connectivity index (χ1n) is 8.58. The molecule has 1 aromatic heterocycles. The van der Waals surface area contributed by atoms with Gasteiger partial charge < -0.3 is 9.64 Å². The van der Waals surface area contributed by atoms with Crippen molar-refractivity contribution in [2.45, 2.75) is 19.4 Å². The van der Waals surface area contributed by atoms with E-state index in [9.17, 15) is 4.79 Å². The van der Waals surface area contributed by atoms with Gasteiger partial charge in [0.15, 0.2) is 0 Å². The molecule has 0 spiro atoms. The van der Waals surface area contributed by atoms with Crippen LogP contribution >= 0.6 is 11.3 Å². The summed E-state index contributed by atoms with van der Waals surface area (Å²) < 4.78 is 5.58. The van der Waals surface area contributed by atoms with Crippen molar-refractivity contribution in [2.75, 3.05) is 32.8 Å². The van der Waals surface area contributed by atoms with Crippen LogP contribution in [0.5, 0.6) is 5.75 Å². The van der Waals surface area contributed by atoms with Crippen LogP contribution < -0.4 is 4.74 Å². The van der Waals surface area contributed by atoms with Crippen LogP contribution in [0.4, 0.5) is 0 Å². The third-order valence-electron chi connectivity index (χ3n) is 4.80. The first kappa shape index (κ1) is 15.7. The van der Waals surface area contributed by atoms with Crippen molar-refractivity contribution in [3.8, 4) is 5.75 Å². The molecule has 0 atom stereocenters. The van der Waals surface area contributed by atoms with Gasteiger partial charge in [-0.05, 0) is 35.1 Å². The Bertz CT molecular complexity index is 714. The zero-order valence-electron chi connectivity index (χ0n) is 13.7. The van der Waals surface area contributed by atoms with Crippen molar-refractivity contribution in [3.05, 3.63) is 51.7 Å². The number of carbonyl (C=O) groups excluding carboxylic acids is 1. The maximum atomic E-state index is 12.5. The van der Waals surface area contributed by atoms with Gasteiger partial charge in [0.05, 0.1) is 12.2 Å². The van der Waals surface area contributed by atoms with Gasteiger partial charge in [-0.3, -0.25) is 9.69 Å². The van der Waals surface area contributed by atoms with E-state index >= 15 is 0 Å². The average Bonchev–Trinajstić information content (AvgIpc) is 3.23. The molecule has 4 nitrogen and oxygen atoms in total. The van der Waals surface area contributed by atoms with Gasteiger partial charge in [0, 0.05) is 44.5 Å². The van der Waals surface area contributed by atoms with E-state index in [1.54, 1.807) is 11.3 Å². The smallest absolute Gasteiger partial charge is 0.254 e. The highest BCUT2D eigenvalue weighted by Gasteiger charge is 2.21. The maximum Gasteiger partial charge on any atom is 0.254 e. The molecule has 2 aliphatic heterocycles. The van der Waals surface area contributed by atoms with E-state index in [2.05, 4.69) is 23.1 Å². The van der Waals surface area contributed by atoms with Crippen LogP contribution in [0.25, 0.3) is 0 Å². The van der Waals surface area contributed by atoms with Crippen LogP contribution in [0, 0.1) is 0 Å². The summed E-state index contributed by atoms with van der Waals surface area (Å²) in [6.45, 7) is 5.40. The van der Waals surface area contributed by atoms with E-state index in [1.165, 1.54) is 11.1 Å². The lowest BCUT2D eigenvalue weighted by molar-refractivity contribution is 0.0761. The molecule has 3 heterocycles. The van der Waals surface area contributed by atoms with E-state index in [0.717, 1.165) is 63.5 Å². The Kier molecular flexibility index (Phi) is 4.54. The van der Waals surface area contributed by atoms with Gasteiger partial charge in [-0.15, -0.1) is 0 Å². The Morgan fingerprint density at radius 2 is 2.12 bits per heavy atom. The summed E-state index contributed by atoms with van der Waals surface area (Å²) in [6.07, 6.45) is 2.05. The number of benzene rings is 1. The number of carbonyl (C=O) groups is 1. The predicted molar refractivity (Wildman–Crippen MR) is 95.8 cm³/mol. The SMILES string of the molecule is O=C(c1ccsc1)N1CCCN(Cc2ccc3c(c2)CCO3)CC1. The Morgan fingerprint density at radius 3 is 3.00 bits per heavy atom. The number of amides is 1. The molecule has 1 fully saturated rings. The number of thiophene rings is 1. The third kappa shape index (κ3) is 3.32. The highest BCUT2D eigenvalue weighted by atomic mass is 32.1. The first-order chi connectivity index (χ1) is 11.8. The summed E-state index contributed by atoms with van der Waals surface area (Å²) in [5.74, 6) is 1.22. The standard InChI is InChI=1S/C19H22N2O2S/c22-19(17-5-11-24-14-17)21-7-1-6-20(8-9-21)13-15-2-3-18-16(12-15)4-10-23-18/h2-3,5,11-12,14H,1,4,6-10,13H2. The zero-order valence-corrected chi connectivity index (χ0v) is 14.6. The maximum absolute atomic E-state index is 12.5. The molecule has 24 heavy (non-hydrogen) atoms. The van der Waals surface area contributed by atoms with Crippen LogP contribution in [0.1, 0.15) is 27.9 Å². The van der Waals surface area contributed by atoms with E-state index in [1.807, 2.05) is 21.7 Å². The molecule has 0 bridgehead atoms. The summed E-state index contributed by atoms with van der Waals surface area (Å²) in [5.41, 5.74) is 3.50. The van der Waals surface area contributed by atoms with E-state index in [-0.39, 0.29) is 5.91 Å². The normalized spacial score (nSPS) is 18.1. The number of hydrogen-bond acceptors (Lipinski definition) is 4. The molecule has 126 valence electrons. The lowest BCUT2D eigenvalue weighted by Crippen LogP contribution is -2.34. The van der Waals surface area contributed by atoms with Gasteiger partial charge in [0.2, 0.25) is 0 Å². The Morgan fingerprint density at radius 1 is 1.17 bits per heavy atom. The summed E-state index contributed by atoms with van der Waals surface area (Å²) in [6, 6.07) is 8.47. The molecule has 0 radical (unpaired) electrons. The van der Waals surface area contributed by atoms with Crippen LogP contribution in [0.3, 0.4) is 0 Å². The molecule has 5 heteroatoms. The second kappa shape index (κ2) is 6.95. The number of ether oxygens (including phenoxy) is 1. The molecular formula is C19H22N2O2S. The van der Waals surface area contributed by atoms with Crippen molar-refractivity contribution in [2.24, 2.45) is 0 Å². The van der Waals surface area contributed by atoms with Gasteiger partial charge in [-0.1, -0.05) is 12.1 Å². The number of rotatable bonds is 3. The molecule has 1 aromatic carbocycles.